The highest BCUT2D eigenvalue weighted by Gasteiger charge is 2.69. The number of amides is 2. The van der Waals surface area contributed by atoms with Gasteiger partial charge >= 0.3 is 0 Å². The summed E-state index contributed by atoms with van der Waals surface area (Å²) in [5.41, 5.74) is 1.24. The summed E-state index contributed by atoms with van der Waals surface area (Å²) in [5.74, 6) is -2.81. The standard InChI is InChI=1S/C35H31FN2O3/c1-2-3-18-29-30(23-12-6-4-7-13-23)31(32(39)24-14-8-5-9-15-24)35(27-16-10-11-17-28(27)37-34(35)41)38(29)33(40)25-19-21-26(36)22-20-25/h4-17,19-22,29-31H,2-3,18H2,1H3,(H,37,41). The minimum atomic E-state index is -1.60. The molecule has 5 nitrogen and oxygen atoms in total. The Labute approximate surface area is 239 Å². The number of ketones is 1. The van der Waals surface area contributed by atoms with Crippen LogP contribution < -0.4 is 5.32 Å². The summed E-state index contributed by atoms with van der Waals surface area (Å²) in [6.07, 6.45) is 2.27. The molecule has 2 heterocycles. The molecular weight excluding hydrogens is 515 g/mol. The van der Waals surface area contributed by atoms with Crippen molar-refractivity contribution >= 4 is 23.3 Å². The van der Waals surface area contributed by atoms with Crippen LogP contribution in [0.25, 0.3) is 0 Å². The fourth-order valence-electron chi connectivity index (χ4n) is 6.86. The van der Waals surface area contributed by atoms with Crippen LogP contribution in [-0.2, 0) is 10.3 Å². The van der Waals surface area contributed by atoms with Crippen LogP contribution in [0.1, 0.15) is 63.9 Å². The van der Waals surface area contributed by atoms with Gasteiger partial charge in [-0.3, -0.25) is 14.4 Å². The summed E-state index contributed by atoms with van der Waals surface area (Å²) >= 11 is 0. The molecule has 0 aliphatic carbocycles. The fourth-order valence-corrected chi connectivity index (χ4v) is 6.86. The molecule has 2 amide bonds. The van der Waals surface area contributed by atoms with Gasteiger partial charge in [-0.25, -0.2) is 4.39 Å². The molecule has 1 saturated heterocycles. The van der Waals surface area contributed by atoms with Crippen LogP contribution in [0.2, 0.25) is 0 Å². The van der Waals surface area contributed by atoms with Crippen LogP contribution in [0.15, 0.2) is 109 Å². The zero-order chi connectivity index (χ0) is 28.6. The molecule has 4 atom stereocenters. The lowest BCUT2D eigenvalue weighted by atomic mass is 9.69. The van der Waals surface area contributed by atoms with Crippen molar-refractivity contribution in [3.8, 4) is 0 Å². The maximum atomic E-state index is 14.7. The number of nitrogens with zero attached hydrogens (tertiary/aromatic N) is 1. The molecule has 0 bridgehead atoms. The summed E-state index contributed by atoms with van der Waals surface area (Å²) < 4.78 is 13.9. The SMILES string of the molecule is CCCCC1C(c2ccccc2)C(C(=O)c2ccccc2)C2(C(=O)Nc3ccccc32)N1C(=O)c1ccc(F)cc1. The number of hydrogen-bond acceptors (Lipinski definition) is 3. The topological polar surface area (TPSA) is 66.5 Å². The average Bonchev–Trinajstić information content (AvgIpc) is 3.48. The quantitative estimate of drug-likeness (QED) is 0.255. The van der Waals surface area contributed by atoms with E-state index in [1.165, 1.54) is 24.3 Å². The van der Waals surface area contributed by atoms with Gasteiger partial charge < -0.3 is 10.2 Å². The van der Waals surface area contributed by atoms with Crippen molar-refractivity contribution in [2.75, 3.05) is 5.32 Å². The van der Waals surface area contributed by atoms with Crippen molar-refractivity contribution in [3.05, 3.63) is 137 Å². The zero-order valence-electron chi connectivity index (χ0n) is 22.8. The van der Waals surface area contributed by atoms with Crippen molar-refractivity contribution in [2.24, 2.45) is 5.92 Å². The maximum Gasteiger partial charge on any atom is 0.255 e. The Bertz CT molecular complexity index is 1590. The number of carbonyl (C=O) groups excluding carboxylic acids is 3. The van der Waals surface area contributed by atoms with E-state index in [1.54, 1.807) is 17.0 Å². The van der Waals surface area contributed by atoms with Gasteiger partial charge in [0, 0.05) is 34.3 Å². The lowest BCUT2D eigenvalue weighted by molar-refractivity contribution is -0.127. The van der Waals surface area contributed by atoms with Gasteiger partial charge in [-0.05, 0) is 42.3 Å². The van der Waals surface area contributed by atoms with E-state index in [1.807, 2.05) is 72.8 Å². The van der Waals surface area contributed by atoms with Crippen LogP contribution in [0, 0.1) is 11.7 Å². The minimum absolute atomic E-state index is 0.192. The molecule has 4 aromatic rings. The second kappa shape index (κ2) is 10.8. The normalized spacial score (nSPS) is 22.9. The first-order valence-corrected chi connectivity index (χ1v) is 14.1. The average molecular weight is 547 g/mol. The molecule has 4 aromatic carbocycles. The van der Waals surface area contributed by atoms with Crippen LogP contribution in [0.4, 0.5) is 10.1 Å². The third-order valence-corrected chi connectivity index (χ3v) is 8.56. The van der Waals surface area contributed by atoms with E-state index in [4.69, 9.17) is 0 Å². The Morgan fingerprint density at radius 2 is 1.46 bits per heavy atom. The van der Waals surface area contributed by atoms with Crippen molar-refractivity contribution in [1.29, 1.82) is 0 Å². The fraction of sp³-hybridized carbons (Fsp3) is 0.229. The summed E-state index contributed by atoms with van der Waals surface area (Å²) in [5, 5.41) is 3.02. The van der Waals surface area contributed by atoms with Crippen LogP contribution in [-0.4, -0.2) is 28.5 Å². The third-order valence-electron chi connectivity index (χ3n) is 8.56. The molecule has 41 heavy (non-hydrogen) atoms. The number of benzene rings is 4. The van der Waals surface area contributed by atoms with Gasteiger partial charge in [0.15, 0.2) is 11.3 Å². The Morgan fingerprint density at radius 1 is 0.829 bits per heavy atom. The first-order chi connectivity index (χ1) is 20.0. The van der Waals surface area contributed by atoms with E-state index in [-0.39, 0.29) is 11.3 Å². The number of hydrogen-bond donors (Lipinski definition) is 1. The second-order valence-corrected chi connectivity index (χ2v) is 10.8. The lowest BCUT2D eigenvalue weighted by Crippen LogP contribution is -2.56. The summed E-state index contributed by atoms with van der Waals surface area (Å²) in [4.78, 5) is 45.5. The van der Waals surface area contributed by atoms with Gasteiger partial charge in [0.25, 0.3) is 11.8 Å². The molecule has 0 aromatic heterocycles. The molecule has 0 saturated carbocycles. The molecule has 0 radical (unpaired) electrons. The number of carbonyl (C=O) groups is 3. The Kier molecular flexibility index (Phi) is 7.00. The first kappa shape index (κ1) is 26.6. The monoisotopic (exact) mass is 546 g/mol. The number of fused-ring (bicyclic) bond motifs is 2. The molecule has 206 valence electrons. The zero-order valence-corrected chi connectivity index (χ0v) is 22.8. The molecule has 4 unspecified atom stereocenters. The number of nitrogens with one attached hydrogen (secondary N) is 1. The Morgan fingerprint density at radius 3 is 2.15 bits per heavy atom. The number of rotatable bonds is 7. The lowest BCUT2D eigenvalue weighted by Gasteiger charge is -2.39. The van der Waals surface area contributed by atoms with Gasteiger partial charge in [0.1, 0.15) is 5.82 Å². The van der Waals surface area contributed by atoms with Gasteiger partial charge in [-0.2, -0.15) is 0 Å². The van der Waals surface area contributed by atoms with Crippen molar-refractivity contribution in [1.82, 2.24) is 4.90 Å². The van der Waals surface area contributed by atoms with Crippen molar-refractivity contribution in [3.63, 3.8) is 0 Å². The first-order valence-electron chi connectivity index (χ1n) is 14.1. The summed E-state index contributed by atoms with van der Waals surface area (Å²) in [6, 6.07) is 31.0. The van der Waals surface area contributed by atoms with Crippen LogP contribution >= 0.6 is 0 Å². The summed E-state index contributed by atoms with van der Waals surface area (Å²) in [6.45, 7) is 2.08. The van der Waals surface area contributed by atoms with Crippen LogP contribution in [0.5, 0.6) is 0 Å². The number of Topliss-reactive ketones (excluding diaryl/α,β-unsaturated/α-hetero) is 1. The smallest absolute Gasteiger partial charge is 0.255 e. The minimum Gasteiger partial charge on any atom is -0.323 e. The van der Waals surface area contributed by atoms with E-state index >= 15 is 0 Å². The molecule has 2 aliphatic heterocycles. The maximum absolute atomic E-state index is 14.7. The van der Waals surface area contributed by atoms with E-state index in [0.29, 0.717) is 23.2 Å². The van der Waals surface area contributed by atoms with Gasteiger partial charge in [-0.15, -0.1) is 0 Å². The van der Waals surface area contributed by atoms with Crippen LogP contribution in [0.3, 0.4) is 0 Å². The molecule has 1 spiro atoms. The number of anilines is 1. The Balaban J connectivity index is 1.67. The van der Waals surface area contributed by atoms with E-state index in [2.05, 4.69) is 12.2 Å². The van der Waals surface area contributed by atoms with Crippen molar-refractivity contribution < 1.29 is 18.8 Å². The highest BCUT2D eigenvalue weighted by Crippen LogP contribution is 2.60. The third kappa shape index (κ3) is 4.26. The van der Waals surface area contributed by atoms with E-state index < -0.39 is 41.0 Å². The van der Waals surface area contributed by atoms with E-state index in [0.717, 1.165) is 18.4 Å². The van der Waals surface area contributed by atoms with Gasteiger partial charge in [0.2, 0.25) is 0 Å². The van der Waals surface area contributed by atoms with Gasteiger partial charge in [0.05, 0.1) is 5.92 Å². The number of unbranched alkanes of at least 4 members (excludes halogenated alkanes) is 1. The summed E-state index contributed by atoms with van der Waals surface area (Å²) in [7, 11) is 0. The molecular formula is C35H31FN2O3. The second-order valence-electron chi connectivity index (χ2n) is 10.8. The number of halogens is 1. The number of para-hydroxylation sites is 1. The predicted molar refractivity (Wildman–Crippen MR) is 156 cm³/mol. The molecule has 1 N–H and O–H groups in total. The van der Waals surface area contributed by atoms with E-state index in [9.17, 15) is 18.8 Å². The number of likely N-dealkylation sites (tertiary alicyclic amines) is 1. The Hall–Kier alpha value is -4.58. The largest absolute Gasteiger partial charge is 0.323 e. The highest BCUT2D eigenvalue weighted by molar-refractivity contribution is 6.15. The molecule has 6 heteroatoms. The van der Waals surface area contributed by atoms with Crippen molar-refractivity contribution in [2.45, 2.75) is 43.7 Å². The predicted octanol–water partition coefficient (Wildman–Crippen LogP) is 6.97. The highest BCUT2D eigenvalue weighted by atomic mass is 19.1. The van der Waals surface area contributed by atoms with Gasteiger partial charge in [-0.1, -0.05) is 98.6 Å². The molecule has 1 fully saturated rings. The molecule has 6 rings (SSSR count). The molecule has 2 aliphatic rings.